The smallest absolute Gasteiger partial charge is 0.191 e. The average Bonchev–Trinajstić information content (AvgIpc) is 3.30. The number of ether oxygens (including phenoxy) is 6. The van der Waals surface area contributed by atoms with Crippen molar-refractivity contribution < 1.29 is 38.0 Å². The third-order valence-electron chi connectivity index (χ3n) is 16.6. The van der Waals surface area contributed by atoms with Crippen LogP contribution in [-0.4, -0.2) is 51.2 Å². The Morgan fingerprint density at radius 1 is 0.298 bits per heavy atom. The van der Waals surface area contributed by atoms with Gasteiger partial charge in [0.2, 0.25) is 0 Å². The Hall–Kier alpha value is -5.12. The summed E-state index contributed by atoms with van der Waals surface area (Å²) in [4.78, 5) is 28.9. The van der Waals surface area contributed by atoms with Gasteiger partial charge in [0.15, 0.2) is 46.1 Å². The summed E-state index contributed by atoms with van der Waals surface area (Å²) in [5, 5.41) is 7.14. The number of carbonyl (C=O) groups is 2. The first-order valence-corrected chi connectivity index (χ1v) is 34.6. The van der Waals surface area contributed by atoms with E-state index in [4.69, 9.17) is 28.4 Å². The van der Waals surface area contributed by atoms with Crippen LogP contribution in [0.25, 0.3) is 0 Å². The standard InChI is InChI=1S/C74H116N2O8/c1-7-13-19-25-31-37-43-79-67-51-59-49-61(73(77)63(59)53-69(67)81-45-39-33-27-21-15-9-3)57-75-65-55-71(83-47-41-35-29-23-17-11-5)72(84-48-42-36-30-24-18-12-6)56-66(65)76-58-62-50-60-52-68(80-44-38-32-26-20-14-8-2)70(54-64(60)74(62)78)82-46-40-34-28-22-16-10-4/h51-58,75-76H,7-50H2,1-6H3/b61-57-,62-58-. The quantitative estimate of drug-likeness (QED) is 0.0418. The van der Waals surface area contributed by atoms with Gasteiger partial charge < -0.3 is 39.1 Å². The van der Waals surface area contributed by atoms with E-state index in [1.807, 2.05) is 48.8 Å². The van der Waals surface area contributed by atoms with Gasteiger partial charge in [0.1, 0.15) is 0 Å². The highest BCUT2D eigenvalue weighted by Gasteiger charge is 2.30. The summed E-state index contributed by atoms with van der Waals surface area (Å²) in [7, 11) is 0. The lowest BCUT2D eigenvalue weighted by atomic mass is 10.1. The van der Waals surface area contributed by atoms with E-state index in [2.05, 4.69) is 52.2 Å². The van der Waals surface area contributed by atoms with Gasteiger partial charge in [0, 0.05) is 59.6 Å². The number of benzene rings is 3. The highest BCUT2D eigenvalue weighted by Crippen LogP contribution is 2.42. The molecule has 0 atom stereocenters. The van der Waals surface area contributed by atoms with E-state index in [0.29, 0.717) is 109 Å². The molecular formula is C74H116N2O8. The number of rotatable bonds is 52. The molecule has 0 aliphatic heterocycles. The number of anilines is 2. The van der Waals surface area contributed by atoms with E-state index in [1.165, 1.54) is 154 Å². The van der Waals surface area contributed by atoms with Gasteiger partial charge in [-0.15, -0.1) is 0 Å². The monoisotopic (exact) mass is 1160 g/mol. The van der Waals surface area contributed by atoms with E-state index in [0.717, 1.165) is 99.7 Å². The predicted molar refractivity (Wildman–Crippen MR) is 352 cm³/mol. The molecule has 84 heavy (non-hydrogen) atoms. The van der Waals surface area contributed by atoms with Crippen molar-refractivity contribution >= 4 is 22.9 Å². The van der Waals surface area contributed by atoms with Crippen molar-refractivity contribution in [1.82, 2.24) is 0 Å². The Kier molecular flexibility index (Phi) is 36.1. The Balaban J connectivity index is 1.43. The molecule has 0 radical (unpaired) electrons. The molecule has 10 nitrogen and oxygen atoms in total. The molecule has 0 saturated carbocycles. The number of nitrogens with one attached hydrogen (secondary N) is 2. The Labute approximate surface area is 511 Å². The van der Waals surface area contributed by atoms with Crippen molar-refractivity contribution in [2.24, 2.45) is 0 Å². The van der Waals surface area contributed by atoms with Crippen molar-refractivity contribution in [1.29, 1.82) is 0 Å². The molecular weight excluding hydrogens is 1040 g/mol. The van der Waals surface area contributed by atoms with Gasteiger partial charge in [-0.1, -0.05) is 234 Å². The summed E-state index contributed by atoms with van der Waals surface area (Å²) in [6.07, 6.45) is 46.8. The molecule has 2 aliphatic carbocycles. The summed E-state index contributed by atoms with van der Waals surface area (Å²) >= 11 is 0. The maximum atomic E-state index is 14.5. The molecule has 5 rings (SSSR count). The van der Waals surface area contributed by atoms with E-state index < -0.39 is 0 Å². The molecule has 10 heteroatoms. The van der Waals surface area contributed by atoms with Crippen LogP contribution in [0.4, 0.5) is 11.4 Å². The van der Waals surface area contributed by atoms with Crippen LogP contribution in [0.1, 0.15) is 305 Å². The number of unbranched alkanes of at least 4 members (excludes halogenated alkanes) is 30. The molecule has 0 unspecified atom stereocenters. The zero-order valence-electron chi connectivity index (χ0n) is 54.0. The Morgan fingerprint density at radius 3 is 0.762 bits per heavy atom. The second kappa shape index (κ2) is 43.5. The zero-order chi connectivity index (χ0) is 59.7. The Morgan fingerprint density at radius 2 is 0.512 bits per heavy atom. The molecule has 2 N–H and O–H groups in total. The number of hydrogen-bond acceptors (Lipinski definition) is 10. The average molecular weight is 1160 g/mol. The lowest BCUT2D eigenvalue weighted by Gasteiger charge is -2.18. The van der Waals surface area contributed by atoms with E-state index in [9.17, 15) is 9.59 Å². The molecule has 3 aromatic carbocycles. The molecule has 0 heterocycles. The second-order valence-electron chi connectivity index (χ2n) is 24.1. The molecule has 0 bridgehead atoms. The fraction of sp³-hybridized carbons (Fsp3) is 0.676. The minimum atomic E-state index is -0.0283. The largest absolute Gasteiger partial charge is 0.490 e. The number of ketones is 2. The number of hydrogen-bond donors (Lipinski definition) is 2. The number of allylic oxidation sites excluding steroid dienone is 2. The minimum Gasteiger partial charge on any atom is -0.490 e. The first-order valence-electron chi connectivity index (χ1n) is 34.6. The summed E-state index contributed by atoms with van der Waals surface area (Å²) in [6, 6.07) is 11.9. The van der Waals surface area contributed by atoms with Crippen LogP contribution in [0.2, 0.25) is 0 Å². The van der Waals surface area contributed by atoms with Crippen LogP contribution in [0.5, 0.6) is 34.5 Å². The van der Waals surface area contributed by atoms with Gasteiger partial charge in [-0.2, -0.15) is 0 Å². The summed E-state index contributed by atoms with van der Waals surface area (Å²) in [5.74, 6) is 3.99. The molecule has 3 aromatic rings. The van der Waals surface area contributed by atoms with Crippen molar-refractivity contribution in [3.05, 3.63) is 82.2 Å². The first-order chi connectivity index (χ1) is 41.3. The van der Waals surface area contributed by atoms with Gasteiger partial charge in [-0.25, -0.2) is 0 Å². The van der Waals surface area contributed by atoms with Crippen LogP contribution in [-0.2, 0) is 12.8 Å². The van der Waals surface area contributed by atoms with Gasteiger partial charge in [-0.05, 0) is 73.9 Å². The Bertz CT molecular complexity index is 2210. The van der Waals surface area contributed by atoms with Crippen LogP contribution in [0.15, 0.2) is 59.9 Å². The van der Waals surface area contributed by atoms with E-state index >= 15 is 0 Å². The summed E-state index contributed by atoms with van der Waals surface area (Å²) < 4.78 is 39.1. The maximum Gasteiger partial charge on any atom is 0.191 e. The molecule has 0 aromatic heterocycles. The predicted octanol–water partition coefficient (Wildman–Crippen LogP) is 21.6. The molecule has 2 aliphatic rings. The third-order valence-corrected chi connectivity index (χ3v) is 16.6. The fourth-order valence-electron chi connectivity index (χ4n) is 11.3. The van der Waals surface area contributed by atoms with Gasteiger partial charge in [-0.3, -0.25) is 9.59 Å². The van der Waals surface area contributed by atoms with E-state index in [1.54, 1.807) is 0 Å². The van der Waals surface area contributed by atoms with Crippen molar-refractivity contribution in [2.45, 2.75) is 286 Å². The second-order valence-corrected chi connectivity index (χ2v) is 24.1. The molecule has 0 fully saturated rings. The topological polar surface area (TPSA) is 114 Å². The lowest BCUT2D eigenvalue weighted by molar-refractivity contribution is 0.103. The van der Waals surface area contributed by atoms with Crippen LogP contribution >= 0.6 is 0 Å². The zero-order valence-corrected chi connectivity index (χ0v) is 54.0. The normalized spacial score (nSPS) is 13.7. The van der Waals surface area contributed by atoms with E-state index in [-0.39, 0.29) is 11.6 Å². The number of fused-ring (bicyclic) bond motifs is 2. The molecule has 0 saturated heterocycles. The highest BCUT2D eigenvalue weighted by atomic mass is 16.5. The molecule has 0 spiro atoms. The first kappa shape index (κ1) is 69.6. The fourth-order valence-corrected chi connectivity index (χ4v) is 11.3. The maximum absolute atomic E-state index is 14.5. The summed E-state index contributed by atoms with van der Waals surface area (Å²) in [5.41, 5.74) is 5.89. The molecule has 470 valence electrons. The number of carbonyl (C=O) groups excluding carboxylic acids is 2. The van der Waals surface area contributed by atoms with Crippen LogP contribution < -0.4 is 39.1 Å². The molecule has 0 amide bonds. The van der Waals surface area contributed by atoms with Crippen molar-refractivity contribution in [3.63, 3.8) is 0 Å². The van der Waals surface area contributed by atoms with Gasteiger partial charge in [0.25, 0.3) is 0 Å². The van der Waals surface area contributed by atoms with Gasteiger partial charge >= 0.3 is 0 Å². The lowest BCUT2D eigenvalue weighted by Crippen LogP contribution is -2.07. The van der Waals surface area contributed by atoms with Crippen LogP contribution in [0, 0.1) is 0 Å². The summed E-state index contributed by atoms with van der Waals surface area (Å²) in [6.45, 7) is 17.0. The van der Waals surface area contributed by atoms with Crippen molar-refractivity contribution in [3.8, 4) is 34.5 Å². The van der Waals surface area contributed by atoms with Crippen LogP contribution in [0.3, 0.4) is 0 Å². The van der Waals surface area contributed by atoms with Crippen molar-refractivity contribution in [2.75, 3.05) is 50.3 Å². The minimum absolute atomic E-state index is 0.0283. The number of Topliss-reactive ketones (excluding diaryl/α,β-unsaturated/α-hetero) is 2. The highest BCUT2D eigenvalue weighted by molar-refractivity contribution is 6.14. The third kappa shape index (κ3) is 25.8. The SMILES string of the molecule is CCCCCCCCOc1cc2c(cc1OCCCCCCCC)C(=O)/C(=C\Nc1cc(OCCCCCCCC)c(OCCCCCCCC)cc1N/C=C1/Cc3cc(OCCCCCCCC)c(OCCCCCCCC)cc3C1=O)C2. The van der Waals surface area contributed by atoms with Gasteiger partial charge in [0.05, 0.1) is 51.0 Å².